The maximum Gasteiger partial charge on any atom is 0.275 e. The third-order valence-corrected chi connectivity index (χ3v) is 5.84. The lowest BCUT2D eigenvalue weighted by atomic mass is 9.91. The Morgan fingerprint density at radius 1 is 0.972 bits per heavy atom. The van der Waals surface area contributed by atoms with Crippen molar-refractivity contribution in [3.05, 3.63) is 107 Å². The fourth-order valence-corrected chi connectivity index (χ4v) is 3.97. The third kappa shape index (κ3) is 5.35. The van der Waals surface area contributed by atoms with Crippen LogP contribution in [0.2, 0.25) is 5.02 Å². The van der Waals surface area contributed by atoms with Gasteiger partial charge in [0.2, 0.25) is 0 Å². The van der Waals surface area contributed by atoms with Crippen LogP contribution in [0, 0.1) is 18.3 Å². The van der Waals surface area contributed by atoms with Crippen LogP contribution in [0.25, 0.3) is 10.8 Å². The molecule has 0 fully saturated rings. The normalized spacial score (nSPS) is 12.0. The standard InChI is InChI=1S/C28H21ClN4O3/c1-17-7-2-5-12-22(17)24(16-30)26(28(36)31-21-11-6-10-20(29)15-21)32-33-27(35)23-13-18-8-3-4-9-19(18)14-25(23)34/h2-15,24,34H,1H3,(H,31,36)(H,33,35)/b32-26+/t24-/m1/s1. The van der Waals surface area contributed by atoms with Gasteiger partial charge >= 0.3 is 0 Å². The Bertz CT molecular complexity index is 1540. The lowest BCUT2D eigenvalue weighted by molar-refractivity contribution is -0.110. The van der Waals surface area contributed by atoms with Crippen LogP contribution in [0.1, 0.15) is 27.4 Å². The summed E-state index contributed by atoms with van der Waals surface area (Å²) in [5.41, 5.74) is 3.86. The number of nitrogens with zero attached hydrogens (tertiary/aromatic N) is 2. The SMILES string of the molecule is Cc1ccccc1[C@@H](C#N)/C(=N\NC(=O)c1cc2ccccc2cc1O)C(=O)Nc1cccc(Cl)c1. The van der Waals surface area contributed by atoms with Gasteiger partial charge in [0, 0.05) is 10.7 Å². The van der Waals surface area contributed by atoms with Gasteiger partial charge in [0.1, 0.15) is 17.4 Å². The number of phenolic OH excluding ortho intramolecular Hbond substituents is 1. The fourth-order valence-electron chi connectivity index (χ4n) is 3.78. The number of aromatic hydroxyl groups is 1. The highest BCUT2D eigenvalue weighted by Crippen LogP contribution is 2.26. The molecular formula is C28H21ClN4O3. The molecule has 0 aliphatic carbocycles. The molecule has 0 heterocycles. The molecule has 7 nitrogen and oxygen atoms in total. The molecule has 178 valence electrons. The van der Waals surface area contributed by atoms with Gasteiger partial charge in [-0.25, -0.2) is 5.43 Å². The maximum atomic E-state index is 13.3. The lowest BCUT2D eigenvalue weighted by Crippen LogP contribution is -2.32. The highest BCUT2D eigenvalue weighted by Gasteiger charge is 2.27. The molecule has 0 radical (unpaired) electrons. The van der Waals surface area contributed by atoms with E-state index in [1.807, 2.05) is 43.3 Å². The van der Waals surface area contributed by atoms with E-state index in [1.165, 1.54) is 12.1 Å². The molecular weight excluding hydrogens is 476 g/mol. The summed E-state index contributed by atoms with van der Waals surface area (Å²) >= 11 is 6.03. The number of hydrogen-bond donors (Lipinski definition) is 3. The number of amides is 2. The van der Waals surface area contributed by atoms with Crippen LogP contribution >= 0.6 is 11.6 Å². The number of hydrogen-bond acceptors (Lipinski definition) is 5. The molecule has 0 unspecified atom stereocenters. The molecule has 4 aromatic rings. The quantitative estimate of drug-likeness (QED) is 0.240. The highest BCUT2D eigenvalue weighted by atomic mass is 35.5. The number of nitriles is 1. The first-order chi connectivity index (χ1) is 17.4. The second kappa shape index (κ2) is 10.7. The second-order valence-corrected chi connectivity index (χ2v) is 8.47. The van der Waals surface area contributed by atoms with Crippen molar-refractivity contribution < 1.29 is 14.7 Å². The second-order valence-electron chi connectivity index (χ2n) is 8.04. The van der Waals surface area contributed by atoms with E-state index in [9.17, 15) is 20.0 Å². The predicted octanol–water partition coefficient (Wildman–Crippen LogP) is 5.54. The Balaban J connectivity index is 1.70. The number of benzene rings is 4. The Kier molecular flexibility index (Phi) is 7.28. The van der Waals surface area contributed by atoms with E-state index >= 15 is 0 Å². The summed E-state index contributed by atoms with van der Waals surface area (Å²) in [5.74, 6) is -2.72. The Hall–Kier alpha value is -4.67. The number of anilines is 1. The number of carbonyl (C=O) groups excluding carboxylic acids is 2. The van der Waals surface area contributed by atoms with Crippen LogP contribution in [0.15, 0.2) is 90.0 Å². The number of rotatable bonds is 6. The highest BCUT2D eigenvalue weighted by molar-refractivity contribution is 6.45. The first-order valence-electron chi connectivity index (χ1n) is 11.0. The molecule has 0 aromatic heterocycles. The number of phenols is 1. The summed E-state index contributed by atoms with van der Waals surface area (Å²) in [4.78, 5) is 26.2. The van der Waals surface area contributed by atoms with Crippen molar-refractivity contribution in [2.45, 2.75) is 12.8 Å². The number of nitrogens with one attached hydrogen (secondary N) is 2. The van der Waals surface area contributed by atoms with E-state index in [0.29, 0.717) is 16.3 Å². The predicted molar refractivity (Wildman–Crippen MR) is 140 cm³/mol. The first-order valence-corrected chi connectivity index (χ1v) is 11.4. The van der Waals surface area contributed by atoms with Crippen LogP contribution in [0.5, 0.6) is 5.75 Å². The number of fused-ring (bicyclic) bond motifs is 1. The van der Waals surface area contributed by atoms with E-state index in [-0.39, 0.29) is 17.0 Å². The van der Waals surface area contributed by atoms with E-state index in [2.05, 4.69) is 21.9 Å². The Morgan fingerprint density at radius 2 is 1.67 bits per heavy atom. The molecule has 3 N–H and O–H groups in total. The number of halogens is 1. The van der Waals surface area contributed by atoms with Crippen molar-refractivity contribution in [1.29, 1.82) is 5.26 Å². The van der Waals surface area contributed by atoms with Crippen molar-refractivity contribution in [3.8, 4) is 11.8 Å². The summed E-state index contributed by atoms with van der Waals surface area (Å²) < 4.78 is 0. The summed E-state index contributed by atoms with van der Waals surface area (Å²) in [6.45, 7) is 1.82. The van der Waals surface area contributed by atoms with Gasteiger partial charge in [0.05, 0.1) is 11.6 Å². The zero-order chi connectivity index (χ0) is 25.7. The topological polar surface area (TPSA) is 115 Å². The lowest BCUT2D eigenvalue weighted by Gasteiger charge is -2.16. The summed E-state index contributed by atoms with van der Waals surface area (Å²) in [6, 6.07) is 26.0. The van der Waals surface area contributed by atoms with Crippen molar-refractivity contribution in [1.82, 2.24) is 5.43 Å². The van der Waals surface area contributed by atoms with Gasteiger partial charge in [-0.15, -0.1) is 0 Å². The Morgan fingerprint density at radius 3 is 2.36 bits per heavy atom. The molecule has 4 rings (SSSR count). The van der Waals surface area contributed by atoms with Crippen LogP contribution in [0.3, 0.4) is 0 Å². The number of aryl methyl sites for hydroxylation is 1. The van der Waals surface area contributed by atoms with Crippen LogP contribution in [-0.2, 0) is 4.79 Å². The molecule has 0 saturated heterocycles. The molecule has 1 atom stereocenters. The van der Waals surface area contributed by atoms with Crippen molar-refractivity contribution in [2.75, 3.05) is 5.32 Å². The van der Waals surface area contributed by atoms with Gasteiger partial charge < -0.3 is 10.4 Å². The van der Waals surface area contributed by atoms with Gasteiger partial charge in [-0.2, -0.15) is 10.4 Å². The zero-order valence-corrected chi connectivity index (χ0v) is 20.0. The van der Waals surface area contributed by atoms with Gasteiger partial charge in [0.25, 0.3) is 11.8 Å². The van der Waals surface area contributed by atoms with Crippen molar-refractivity contribution >= 4 is 45.6 Å². The summed E-state index contributed by atoms with van der Waals surface area (Å²) in [7, 11) is 0. The molecule has 2 amide bonds. The van der Waals surface area contributed by atoms with Crippen molar-refractivity contribution in [2.24, 2.45) is 5.10 Å². The molecule has 0 spiro atoms. The van der Waals surface area contributed by atoms with Gasteiger partial charge in [0.15, 0.2) is 0 Å². The largest absolute Gasteiger partial charge is 0.507 e. The van der Waals surface area contributed by atoms with Crippen LogP contribution in [0.4, 0.5) is 5.69 Å². The Labute approximate surface area is 212 Å². The van der Waals surface area contributed by atoms with E-state index < -0.39 is 17.7 Å². The smallest absolute Gasteiger partial charge is 0.275 e. The minimum Gasteiger partial charge on any atom is -0.507 e. The minimum atomic E-state index is -1.07. The van der Waals surface area contributed by atoms with Crippen LogP contribution < -0.4 is 10.7 Å². The summed E-state index contributed by atoms with van der Waals surface area (Å²) in [6.07, 6.45) is 0. The molecule has 0 aliphatic heterocycles. The fraction of sp³-hybridized carbons (Fsp3) is 0.0714. The van der Waals surface area contributed by atoms with Crippen LogP contribution in [-0.4, -0.2) is 22.6 Å². The van der Waals surface area contributed by atoms with Gasteiger partial charge in [-0.1, -0.05) is 66.2 Å². The molecule has 36 heavy (non-hydrogen) atoms. The monoisotopic (exact) mass is 496 g/mol. The average molecular weight is 497 g/mol. The summed E-state index contributed by atoms with van der Waals surface area (Å²) in [5, 5.41) is 29.1. The first kappa shape index (κ1) is 24.5. The maximum absolute atomic E-state index is 13.3. The molecule has 8 heteroatoms. The molecule has 0 saturated carbocycles. The average Bonchev–Trinajstić information content (AvgIpc) is 2.86. The molecule has 0 aliphatic rings. The van der Waals surface area contributed by atoms with E-state index in [0.717, 1.165) is 16.3 Å². The van der Waals surface area contributed by atoms with Crippen molar-refractivity contribution in [3.63, 3.8) is 0 Å². The third-order valence-electron chi connectivity index (χ3n) is 5.60. The van der Waals surface area contributed by atoms with Gasteiger partial charge in [-0.3, -0.25) is 9.59 Å². The molecule has 4 aromatic carbocycles. The number of hydrazone groups is 1. The van der Waals surface area contributed by atoms with Gasteiger partial charge in [-0.05, 0) is 59.2 Å². The minimum absolute atomic E-state index is 0.0172. The van der Waals surface area contributed by atoms with E-state index in [4.69, 9.17) is 11.6 Å². The zero-order valence-electron chi connectivity index (χ0n) is 19.2. The number of carbonyl (C=O) groups is 2. The molecule has 0 bridgehead atoms. The van der Waals surface area contributed by atoms with E-state index in [1.54, 1.807) is 36.4 Å².